The van der Waals surface area contributed by atoms with Gasteiger partial charge in [-0.2, -0.15) is 0 Å². The first-order valence-corrected chi connectivity index (χ1v) is 12.6. The van der Waals surface area contributed by atoms with Crippen LogP contribution in [0.3, 0.4) is 0 Å². The molecule has 180 valence electrons. The van der Waals surface area contributed by atoms with Gasteiger partial charge in [-0.3, -0.25) is 0 Å². The van der Waals surface area contributed by atoms with E-state index in [-0.39, 0.29) is 41.2 Å². The van der Waals surface area contributed by atoms with E-state index in [4.69, 9.17) is 32.7 Å². The molecule has 0 saturated heterocycles. The molecule has 2 aromatic carbocycles. The maximum Gasteiger partial charge on any atom is 0.119 e. The predicted octanol–water partition coefficient (Wildman–Crippen LogP) is 5.29. The first kappa shape index (κ1) is 24.7. The maximum absolute atomic E-state index is 9.84. The summed E-state index contributed by atoms with van der Waals surface area (Å²) < 4.78 is 11.8. The number of aliphatic hydroxyl groups excluding tert-OH is 2. The zero-order valence-corrected chi connectivity index (χ0v) is 21.3. The van der Waals surface area contributed by atoms with Gasteiger partial charge in [0.15, 0.2) is 0 Å². The minimum atomic E-state index is -0.695. The summed E-state index contributed by atoms with van der Waals surface area (Å²) >= 11 is 11.5. The normalized spacial score (nSPS) is 23.8. The molecule has 0 aliphatic heterocycles. The zero-order valence-electron chi connectivity index (χ0n) is 19.8. The van der Waals surface area contributed by atoms with Crippen LogP contribution in [0.2, 0.25) is 0 Å². The number of halogens is 2. The molecule has 1 spiro atoms. The van der Waals surface area contributed by atoms with Crippen molar-refractivity contribution in [2.24, 2.45) is 0 Å². The van der Waals surface area contributed by atoms with E-state index in [0.717, 1.165) is 24.3 Å². The lowest BCUT2D eigenvalue weighted by Gasteiger charge is -2.31. The number of hydrogen-bond acceptors (Lipinski definition) is 4. The smallest absolute Gasteiger partial charge is 0.119 e. The fourth-order valence-corrected chi connectivity index (χ4v) is 6.14. The maximum atomic E-state index is 9.84. The van der Waals surface area contributed by atoms with Crippen LogP contribution in [-0.2, 0) is 16.2 Å². The summed E-state index contributed by atoms with van der Waals surface area (Å²) in [4.78, 5) is 0. The second-order valence-corrected chi connectivity index (χ2v) is 11.5. The summed E-state index contributed by atoms with van der Waals surface area (Å²) in [5.74, 6) is 1.78. The molecule has 2 aliphatic rings. The average molecular weight is 493 g/mol. The lowest BCUT2D eigenvalue weighted by molar-refractivity contribution is 0.125. The molecule has 33 heavy (non-hydrogen) atoms. The molecule has 2 aliphatic carbocycles. The Morgan fingerprint density at radius 3 is 1.48 bits per heavy atom. The molecule has 0 saturated carbocycles. The second kappa shape index (κ2) is 8.96. The molecule has 4 nitrogen and oxygen atoms in total. The standard InChI is InChI=1S/C27H34Cl2O4/c1-25(2)15-27(23-9-19(5-7-21(23)25)32-13-17(30)11-28)16-26(3,4)22-8-6-20(10-24(22)27)33-14-18(31)12-29/h5-10,17-18,30-31H,11-16H2,1-4H3. The third kappa shape index (κ3) is 4.48. The molecular formula is C27H34Cl2O4. The van der Waals surface area contributed by atoms with E-state index in [1.165, 1.54) is 22.3 Å². The van der Waals surface area contributed by atoms with Gasteiger partial charge in [-0.15, -0.1) is 23.2 Å². The number of rotatable bonds is 8. The van der Waals surface area contributed by atoms with Gasteiger partial charge in [0.1, 0.15) is 36.9 Å². The van der Waals surface area contributed by atoms with E-state index >= 15 is 0 Å². The highest BCUT2D eigenvalue weighted by Crippen LogP contribution is 2.63. The molecule has 0 heterocycles. The van der Waals surface area contributed by atoms with Crippen molar-refractivity contribution < 1.29 is 19.7 Å². The van der Waals surface area contributed by atoms with Gasteiger partial charge in [0, 0.05) is 5.41 Å². The SMILES string of the molecule is CC1(C)CC2(CC(C)(C)c3ccc(OCC(O)CCl)cc32)c2cc(OCC(O)CCl)ccc21. The number of ether oxygens (including phenoxy) is 2. The van der Waals surface area contributed by atoms with Gasteiger partial charge in [-0.25, -0.2) is 0 Å². The Labute approximate surface area is 206 Å². The van der Waals surface area contributed by atoms with E-state index in [2.05, 4.69) is 52.0 Å². The molecular weight excluding hydrogens is 459 g/mol. The van der Waals surface area contributed by atoms with Gasteiger partial charge in [0.25, 0.3) is 0 Å². The fraction of sp³-hybridized carbons (Fsp3) is 0.556. The van der Waals surface area contributed by atoms with Gasteiger partial charge >= 0.3 is 0 Å². The second-order valence-electron chi connectivity index (χ2n) is 10.9. The van der Waals surface area contributed by atoms with Crippen molar-refractivity contribution in [2.75, 3.05) is 25.0 Å². The number of aliphatic hydroxyl groups is 2. The Morgan fingerprint density at radius 2 is 1.12 bits per heavy atom. The van der Waals surface area contributed by atoms with Crippen molar-refractivity contribution in [3.05, 3.63) is 58.7 Å². The van der Waals surface area contributed by atoms with E-state index < -0.39 is 12.2 Å². The minimum absolute atomic E-state index is 0.00683. The van der Waals surface area contributed by atoms with Crippen molar-refractivity contribution in [1.82, 2.24) is 0 Å². The van der Waals surface area contributed by atoms with Crippen LogP contribution in [0.1, 0.15) is 62.8 Å². The number of benzene rings is 2. The third-order valence-electron chi connectivity index (χ3n) is 7.20. The highest BCUT2D eigenvalue weighted by molar-refractivity contribution is 6.18. The van der Waals surface area contributed by atoms with Crippen molar-refractivity contribution in [3.63, 3.8) is 0 Å². The van der Waals surface area contributed by atoms with Crippen LogP contribution < -0.4 is 9.47 Å². The molecule has 2 unspecified atom stereocenters. The van der Waals surface area contributed by atoms with Crippen LogP contribution in [0, 0.1) is 0 Å². The summed E-state index contributed by atoms with van der Waals surface area (Å²) in [5.41, 5.74) is 5.10. The molecule has 2 N–H and O–H groups in total. The van der Waals surface area contributed by atoms with Gasteiger partial charge < -0.3 is 19.7 Å². The topological polar surface area (TPSA) is 58.9 Å². The third-order valence-corrected chi connectivity index (χ3v) is 7.91. The summed E-state index contributed by atoms with van der Waals surface area (Å²) in [6.45, 7) is 9.56. The van der Waals surface area contributed by atoms with Crippen LogP contribution in [0.5, 0.6) is 11.5 Å². The number of alkyl halides is 2. The Kier molecular flexibility index (Phi) is 6.69. The average Bonchev–Trinajstić information content (AvgIpc) is 3.15. The summed E-state index contributed by atoms with van der Waals surface area (Å²) in [6, 6.07) is 12.6. The van der Waals surface area contributed by atoms with Crippen molar-refractivity contribution in [1.29, 1.82) is 0 Å². The molecule has 2 atom stereocenters. The van der Waals surface area contributed by atoms with Crippen molar-refractivity contribution in [2.45, 2.75) is 69.0 Å². The Morgan fingerprint density at radius 1 is 0.727 bits per heavy atom. The highest BCUT2D eigenvalue weighted by Gasteiger charge is 2.56. The Bertz CT molecular complexity index is 936. The summed E-state index contributed by atoms with van der Waals surface area (Å²) in [6.07, 6.45) is 0.597. The highest BCUT2D eigenvalue weighted by atomic mass is 35.5. The lowest BCUT2D eigenvalue weighted by atomic mass is 9.72. The van der Waals surface area contributed by atoms with Crippen LogP contribution in [0.15, 0.2) is 36.4 Å². The molecule has 0 radical (unpaired) electrons. The molecule has 6 heteroatoms. The van der Waals surface area contributed by atoms with E-state index in [1.54, 1.807) is 0 Å². The Balaban J connectivity index is 1.78. The zero-order chi connectivity index (χ0) is 24.0. The van der Waals surface area contributed by atoms with E-state index in [9.17, 15) is 10.2 Å². The first-order valence-electron chi connectivity index (χ1n) is 11.6. The largest absolute Gasteiger partial charge is 0.491 e. The van der Waals surface area contributed by atoms with Crippen LogP contribution >= 0.6 is 23.2 Å². The minimum Gasteiger partial charge on any atom is -0.491 e. The Hall–Kier alpha value is -1.46. The van der Waals surface area contributed by atoms with Crippen molar-refractivity contribution in [3.8, 4) is 11.5 Å². The molecule has 4 rings (SSSR count). The summed E-state index contributed by atoms with van der Waals surface area (Å²) in [7, 11) is 0. The van der Waals surface area contributed by atoms with Gasteiger partial charge in [-0.1, -0.05) is 39.8 Å². The lowest BCUT2D eigenvalue weighted by Crippen LogP contribution is -2.27. The van der Waals surface area contributed by atoms with Gasteiger partial charge in [-0.05, 0) is 70.2 Å². The molecule has 0 amide bonds. The number of hydrogen-bond donors (Lipinski definition) is 2. The van der Waals surface area contributed by atoms with Crippen LogP contribution in [0.25, 0.3) is 0 Å². The molecule has 0 aromatic heterocycles. The molecule has 0 bridgehead atoms. The quantitative estimate of drug-likeness (QED) is 0.491. The fourth-order valence-electron chi connectivity index (χ4n) is 5.96. The molecule has 2 aromatic rings. The van der Waals surface area contributed by atoms with Crippen molar-refractivity contribution >= 4 is 23.2 Å². The number of fused-ring (bicyclic) bond motifs is 4. The monoisotopic (exact) mass is 492 g/mol. The summed E-state index contributed by atoms with van der Waals surface area (Å²) in [5, 5.41) is 19.7. The van der Waals surface area contributed by atoms with Crippen LogP contribution in [-0.4, -0.2) is 47.4 Å². The van der Waals surface area contributed by atoms with Gasteiger partial charge in [0.2, 0.25) is 0 Å². The van der Waals surface area contributed by atoms with Gasteiger partial charge in [0.05, 0.1) is 11.8 Å². The van der Waals surface area contributed by atoms with E-state index in [1.807, 2.05) is 12.1 Å². The first-order chi connectivity index (χ1) is 15.5. The van der Waals surface area contributed by atoms with E-state index in [0.29, 0.717) is 0 Å². The molecule has 0 fully saturated rings. The van der Waals surface area contributed by atoms with Crippen LogP contribution in [0.4, 0.5) is 0 Å². The predicted molar refractivity (Wildman–Crippen MR) is 133 cm³/mol.